The lowest BCUT2D eigenvalue weighted by Crippen LogP contribution is -2.51. The SMILES string of the molecule is CCNC(=O)C(C)N(Cc1ccc(C)cc1)C(=O)CN(c1ccccc1F)S(C)(=O)=O. The highest BCUT2D eigenvalue weighted by Gasteiger charge is 2.30. The molecular weight excluding hydrogens is 421 g/mol. The molecule has 0 fully saturated rings. The van der Waals surface area contributed by atoms with Gasteiger partial charge in [-0.3, -0.25) is 13.9 Å². The van der Waals surface area contributed by atoms with E-state index in [1.165, 1.54) is 23.1 Å². The summed E-state index contributed by atoms with van der Waals surface area (Å²) in [5, 5.41) is 2.68. The highest BCUT2D eigenvalue weighted by atomic mass is 32.2. The van der Waals surface area contributed by atoms with Crippen molar-refractivity contribution in [3.05, 3.63) is 65.5 Å². The molecule has 0 saturated heterocycles. The average molecular weight is 450 g/mol. The fraction of sp³-hybridized carbons (Fsp3) is 0.364. The molecule has 0 aliphatic carbocycles. The summed E-state index contributed by atoms with van der Waals surface area (Å²) in [5.74, 6) is -1.74. The van der Waals surface area contributed by atoms with Crippen LogP contribution in [-0.4, -0.2) is 50.5 Å². The molecule has 2 aromatic rings. The van der Waals surface area contributed by atoms with Gasteiger partial charge >= 0.3 is 0 Å². The van der Waals surface area contributed by atoms with Gasteiger partial charge in [-0.1, -0.05) is 42.0 Å². The minimum atomic E-state index is -3.96. The zero-order valence-electron chi connectivity index (χ0n) is 18.1. The van der Waals surface area contributed by atoms with Gasteiger partial charge < -0.3 is 10.2 Å². The van der Waals surface area contributed by atoms with Gasteiger partial charge in [-0.15, -0.1) is 0 Å². The summed E-state index contributed by atoms with van der Waals surface area (Å²) >= 11 is 0. The van der Waals surface area contributed by atoms with Crippen molar-refractivity contribution >= 4 is 27.5 Å². The van der Waals surface area contributed by atoms with E-state index in [9.17, 15) is 22.4 Å². The number of nitrogens with zero attached hydrogens (tertiary/aromatic N) is 2. The molecule has 2 rings (SSSR count). The Kier molecular flexibility index (Phi) is 8.15. The molecule has 0 aromatic heterocycles. The van der Waals surface area contributed by atoms with Crippen LogP contribution in [-0.2, 0) is 26.2 Å². The monoisotopic (exact) mass is 449 g/mol. The summed E-state index contributed by atoms with van der Waals surface area (Å²) in [6.07, 6.45) is 0.907. The Balaban J connectivity index is 2.38. The highest BCUT2D eigenvalue weighted by molar-refractivity contribution is 7.92. The second kappa shape index (κ2) is 10.4. The van der Waals surface area contributed by atoms with Crippen molar-refractivity contribution in [1.29, 1.82) is 0 Å². The first kappa shape index (κ1) is 24.3. The molecule has 7 nitrogen and oxygen atoms in total. The number of nitrogens with one attached hydrogen (secondary N) is 1. The molecule has 1 unspecified atom stereocenters. The first-order chi connectivity index (χ1) is 14.5. The predicted octanol–water partition coefficient (Wildman–Crippen LogP) is 2.45. The molecular formula is C22H28FN3O4S. The number of hydrogen-bond donors (Lipinski definition) is 1. The molecule has 31 heavy (non-hydrogen) atoms. The van der Waals surface area contributed by atoms with Crippen LogP contribution in [0.25, 0.3) is 0 Å². The largest absolute Gasteiger partial charge is 0.355 e. The van der Waals surface area contributed by atoms with Gasteiger partial charge in [0.05, 0.1) is 11.9 Å². The van der Waals surface area contributed by atoms with Crippen molar-refractivity contribution in [2.45, 2.75) is 33.4 Å². The zero-order valence-corrected chi connectivity index (χ0v) is 18.9. The number of carbonyl (C=O) groups is 2. The molecule has 0 heterocycles. The van der Waals surface area contributed by atoms with Crippen molar-refractivity contribution < 1.29 is 22.4 Å². The lowest BCUT2D eigenvalue weighted by atomic mass is 10.1. The molecule has 2 amide bonds. The van der Waals surface area contributed by atoms with Crippen LogP contribution >= 0.6 is 0 Å². The van der Waals surface area contributed by atoms with Crippen LogP contribution in [0.3, 0.4) is 0 Å². The molecule has 9 heteroatoms. The number of halogens is 1. The van der Waals surface area contributed by atoms with Gasteiger partial charge in [0.2, 0.25) is 21.8 Å². The van der Waals surface area contributed by atoms with Crippen LogP contribution in [0.4, 0.5) is 10.1 Å². The van der Waals surface area contributed by atoms with E-state index < -0.39 is 34.3 Å². The average Bonchev–Trinajstić information content (AvgIpc) is 2.71. The Morgan fingerprint density at radius 2 is 1.71 bits per heavy atom. The Labute approximate surface area is 182 Å². The van der Waals surface area contributed by atoms with E-state index in [1.807, 2.05) is 31.2 Å². The van der Waals surface area contributed by atoms with Gasteiger partial charge in [-0.25, -0.2) is 12.8 Å². The van der Waals surface area contributed by atoms with Crippen LogP contribution in [0.15, 0.2) is 48.5 Å². The van der Waals surface area contributed by atoms with Crippen molar-refractivity contribution in [3.63, 3.8) is 0 Å². The van der Waals surface area contributed by atoms with E-state index >= 15 is 0 Å². The maximum Gasteiger partial charge on any atom is 0.244 e. The quantitative estimate of drug-likeness (QED) is 0.637. The number of amides is 2. The lowest BCUT2D eigenvalue weighted by Gasteiger charge is -2.31. The number of aryl methyl sites for hydroxylation is 1. The molecule has 1 atom stereocenters. The molecule has 2 aromatic carbocycles. The van der Waals surface area contributed by atoms with E-state index in [-0.39, 0.29) is 18.1 Å². The number of para-hydroxylation sites is 1. The van der Waals surface area contributed by atoms with Crippen molar-refractivity contribution in [2.24, 2.45) is 0 Å². The Morgan fingerprint density at radius 3 is 2.26 bits per heavy atom. The summed E-state index contributed by atoms with van der Waals surface area (Å²) in [6, 6.07) is 11.9. The van der Waals surface area contributed by atoms with Crippen LogP contribution in [0.5, 0.6) is 0 Å². The van der Waals surface area contributed by atoms with E-state index in [0.29, 0.717) is 6.54 Å². The third-order valence-corrected chi connectivity index (χ3v) is 5.92. The maximum absolute atomic E-state index is 14.3. The van der Waals surface area contributed by atoms with Crippen LogP contribution < -0.4 is 9.62 Å². The Hall–Kier alpha value is -2.94. The molecule has 168 valence electrons. The molecule has 0 aliphatic heterocycles. The fourth-order valence-corrected chi connectivity index (χ4v) is 3.89. The normalized spacial score (nSPS) is 12.2. The van der Waals surface area contributed by atoms with Crippen molar-refractivity contribution in [2.75, 3.05) is 23.7 Å². The molecule has 0 bridgehead atoms. The first-order valence-corrected chi connectivity index (χ1v) is 11.7. The molecule has 0 spiro atoms. The van der Waals surface area contributed by atoms with E-state index in [0.717, 1.165) is 27.8 Å². The summed E-state index contributed by atoms with van der Waals surface area (Å²) in [4.78, 5) is 27.0. The van der Waals surface area contributed by atoms with Gasteiger partial charge in [-0.05, 0) is 38.5 Å². The van der Waals surface area contributed by atoms with Gasteiger partial charge in [0, 0.05) is 13.1 Å². The Bertz CT molecular complexity index is 1030. The van der Waals surface area contributed by atoms with E-state index in [2.05, 4.69) is 5.32 Å². The molecule has 0 aliphatic rings. The van der Waals surface area contributed by atoms with E-state index in [1.54, 1.807) is 13.8 Å². The van der Waals surface area contributed by atoms with Crippen molar-refractivity contribution in [3.8, 4) is 0 Å². The van der Waals surface area contributed by atoms with Crippen LogP contribution in [0.2, 0.25) is 0 Å². The van der Waals surface area contributed by atoms with Crippen molar-refractivity contribution in [1.82, 2.24) is 10.2 Å². The lowest BCUT2D eigenvalue weighted by molar-refractivity contribution is -0.139. The summed E-state index contributed by atoms with van der Waals surface area (Å²) < 4.78 is 39.7. The fourth-order valence-electron chi connectivity index (χ4n) is 3.04. The maximum atomic E-state index is 14.3. The zero-order chi connectivity index (χ0) is 23.2. The van der Waals surface area contributed by atoms with Crippen LogP contribution in [0.1, 0.15) is 25.0 Å². The minimum Gasteiger partial charge on any atom is -0.355 e. The Morgan fingerprint density at radius 1 is 1.10 bits per heavy atom. The minimum absolute atomic E-state index is 0.103. The molecule has 0 saturated carbocycles. The standard InChI is InChI=1S/C22H28FN3O4S/c1-5-24-22(28)17(3)25(14-18-12-10-16(2)11-13-18)21(27)15-26(31(4,29)30)20-9-7-6-8-19(20)23/h6-13,17H,5,14-15H2,1-4H3,(H,24,28). The second-order valence-corrected chi connectivity index (χ2v) is 9.21. The first-order valence-electron chi connectivity index (χ1n) is 9.89. The summed E-state index contributed by atoms with van der Waals surface area (Å²) in [6.45, 7) is 5.13. The molecule has 1 N–H and O–H groups in total. The topological polar surface area (TPSA) is 86.8 Å². The third kappa shape index (κ3) is 6.52. The van der Waals surface area contributed by atoms with Gasteiger partial charge in [-0.2, -0.15) is 0 Å². The smallest absolute Gasteiger partial charge is 0.244 e. The number of benzene rings is 2. The predicted molar refractivity (Wildman–Crippen MR) is 118 cm³/mol. The van der Waals surface area contributed by atoms with Gasteiger partial charge in [0.15, 0.2) is 0 Å². The number of rotatable bonds is 9. The number of anilines is 1. The second-order valence-electron chi connectivity index (χ2n) is 7.30. The van der Waals surface area contributed by atoms with E-state index in [4.69, 9.17) is 0 Å². The number of likely N-dealkylation sites (N-methyl/N-ethyl adjacent to an activating group) is 1. The van der Waals surface area contributed by atoms with Gasteiger partial charge in [0.1, 0.15) is 18.4 Å². The summed E-state index contributed by atoms with van der Waals surface area (Å²) in [5.41, 5.74) is 1.60. The van der Waals surface area contributed by atoms with Gasteiger partial charge in [0.25, 0.3) is 0 Å². The number of hydrogen-bond acceptors (Lipinski definition) is 4. The van der Waals surface area contributed by atoms with Crippen LogP contribution in [0, 0.1) is 12.7 Å². The third-order valence-electron chi connectivity index (χ3n) is 4.79. The number of carbonyl (C=O) groups excluding carboxylic acids is 2. The number of sulfonamides is 1. The highest BCUT2D eigenvalue weighted by Crippen LogP contribution is 2.22. The summed E-state index contributed by atoms with van der Waals surface area (Å²) in [7, 11) is -3.96. The molecule has 0 radical (unpaired) electrons.